The van der Waals surface area contributed by atoms with Crippen LogP contribution in [0.4, 0.5) is 15.0 Å². The van der Waals surface area contributed by atoms with Gasteiger partial charge >= 0.3 is 6.09 Å². The molecule has 0 saturated heterocycles. The summed E-state index contributed by atoms with van der Waals surface area (Å²) in [5.41, 5.74) is -0.370. The summed E-state index contributed by atoms with van der Waals surface area (Å²) in [6.07, 6.45) is -0.0334. The molecule has 2 atom stereocenters. The van der Waals surface area contributed by atoms with Gasteiger partial charge < -0.3 is 10.1 Å². The molecule has 0 radical (unpaired) electrons. The molecular formula is C16H19ClFN5O3. The van der Waals surface area contributed by atoms with Gasteiger partial charge in [-0.15, -0.1) is 0 Å². The summed E-state index contributed by atoms with van der Waals surface area (Å²) in [7, 11) is 1.50. The molecule has 26 heavy (non-hydrogen) atoms. The molecule has 1 fully saturated rings. The number of nitrogens with one attached hydrogen (secondary N) is 1. The summed E-state index contributed by atoms with van der Waals surface area (Å²) in [6, 6.07) is 0.951. The number of carbonyl (C=O) groups is 2. The van der Waals surface area contributed by atoms with Crippen molar-refractivity contribution >= 4 is 35.1 Å². The molecule has 140 valence electrons. The molecule has 1 aliphatic carbocycles. The molecule has 0 bridgehead atoms. The van der Waals surface area contributed by atoms with Crippen LogP contribution in [0.5, 0.6) is 0 Å². The van der Waals surface area contributed by atoms with Gasteiger partial charge in [-0.05, 0) is 20.8 Å². The van der Waals surface area contributed by atoms with Crippen LogP contribution in [0, 0.1) is 0 Å². The lowest BCUT2D eigenvalue weighted by atomic mass is 10.2. The summed E-state index contributed by atoms with van der Waals surface area (Å²) < 4.78 is 19.7. The minimum Gasteiger partial charge on any atom is -0.443 e. The Morgan fingerprint density at radius 2 is 2.12 bits per heavy atom. The van der Waals surface area contributed by atoms with Gasteiger partial charge in [-0.3, -0.25) is 9.69 Å². The minimum absolute atomic E-state index is 0.0762. The van der Waals surface area contributed by atoms with Gasteiger partial charge in [0, 0.05) is 19.5 Å². The number of carbonyl (C=O) groups excluding carboxylic acids is 2. The van der Waals surface area contributed by atoms with Gasteiger partial charge in [0.25, 0.3) is 5.91 Å². The number of amides is 2. The molecular weight excluding hydrogens is 365 g/mol. The molecule has 3 rings (SSSR count). The third-order valence-corrected chi connectivity index (χ3v) is 3.90. The number of nitrogens with zero attached hydrogens (tertiary/aromatic N) is 4. The van der Waals surface area contributed by atoms with Crippen LogP contribution < -0.4 is 10.2 Å². The first-order valence-corrected chi connectivity index (χ1v) is 8.40. The SMILES string of the molecule is CN(C(=O)OC(C)(C)C)c1cc(Cl)nc2c(C(=O)NC3CC3F)cnn12. The predicted octanol–water partition coefficient (Wildman–Crippen LogP) is 2.59. The van der Waals surface area contributed by atoms with Crippen molar-refractivity contribution in [2.24, 2.45) is 0 Å². The molecule has 2 aromatic heterocycles. The first-order chi connectivity index (χ1) is 12.1. The van der Waals surface area contributed by atoms with Gasteiger partial charge in [-0.2, -0.15) is 9.61 Å². The Morgan fingerprint density at radius 3 is 2.69 bits per heavy atom. The second-order valence-electron chi connectivity index (χ2n) is 7.10. The Labute approximate surface area is 154 Å². The lowest BCUT2D eigenvalue weighted by Crippen LogP contribution is -2.35. The first-order valence-electron chi connectivity index (χ1n) is 8.03. The van der Waals surface area contributed by atoms with Crippen molar-refractivity contribution in [2.75, 3.05) is 11.9 Å². The quantitative estimate of drug-likeness (QED) is 0.823. The molecule has 1 N–H and O–H groups in total. The van der Waals surface area contributed by atoms with Crippen molar-refractivity contribution in [1.29, 1.82) is 0 Å². The zero-order valence-corrected chi connectivity index (χ0v) is 15.5. The maximum atomic E-state index is 13.0. The highest BCUT2D eigenvalue weighted by Crippen LogP contribution is 2.27. The van der Waals surface area contributed by atoms with Gasteiger partial charge in [0.15, 0.2) is 5.65 Å². The number of halogens is 2. The van der Waals surface area contributed by atoms with E-state index in [-0.39, 0.29) is 22.2 Å². The number of aromatic nitrogens is 3. The van der Waals surface area contributed by atoms with Crippen LogP contribution in [0.1, 0.15) is 37.6 Å². The van der Waals surface area contributed by atoms with Crippen LogP contribution in [-0.2, 0) is 4.74 Å². The number of fused-ring (bicyclic) bond motifs is 1. The van der Waals surface area contributed by atoms with E-state index in [4.69, 9.17) is 16.3 Å². The van der Waals surface area contributed by atoms with Crippen molar-refractivity contribution in [3.63, 3.8) is 0 Å². The summed E-state index contributed by atoms with van der Waals surface area (Å²) >= 11 is 6.06. The molecule has 8 nitrogen and oxygen atoms in total. The third-order valence-electron chi connectivity index (χ3n) is 3.71. The van der Waals surface area contributed by atoms with E-state index in [1.165, 1.54) is 28.7 Å². The molecule has 2 aromatic rings. The molecule has 2 heterocycles. The van der Waals surface area contributed by atoms with Gasteiger partial charge in [0.2, 0.25) is 0 Å². The van der Waals surface area contributed by atoms with E-state index < -0.39 is 29.8 Å². The van der Waals surface area contributed by atoms with Crippen molar-refractivity contribution in [1.82, 2.24) is 19.9 Å². The van der Waals surface area contributed by atoms with Crippen LogP contribution >= 0.6 is 11.6 Å². The summed E-state index contributed by atoms with van der Waals surface area (Å²) in [4.78, 5) is 30.0. The fraction of sp³-hybridized carbons (Fsp3) is 0.500. The standard InChI is InChI=1S/C16H19ClFN5O3/c1-16(2,3)26-15(25)22(4)12-6-11(17)21-13-8(7-19-23(12)13)14(24)20-10-5-9(10)18/h6-7,9-10H,5H2,1-4H3,(H,20,24). The maximum Gasteiger partial charge on any atom is 0.415 e. The van der Waals surface area contributed by atoms with E-state index in [0.717, 1.165) is 0 Å². The highest BCUT2D eigenvalue weighted by atomic mass is 35.5. The van der Waals surface area contributed by atoms with Gasteiger partial charge in [-0.25, -0.2) is 14.2 Å². The Kier molecular flexibility index (Phi) is 4.51. The molecule has 2 amide bonds. The van der Waals surface area contributed by atoms with Crippen LogP contribution in [-0.4, -0.2) is 51.5 Å². The Bertz CT molecular complexity index is 879. The molecule has 2 unspecified atom stereocenters. The van der Waals surface area contributed by atoms with E-state index in [1.807, 2.05) is 0 Å². The molecule has 10 heteroatoms. The average molecular weight is 384 g/mol. The molecule has 0 spiro atoms. The topological polar surface area (TPSA) is 88.8 Å². The van der Waals surface area contributed by atoms with Crippen LogP contribution in [0.15, 0.2) is 12.3 Å². The second kappa shape index (κ2) is 6.39. The predicted molar refractivity (Wildman–Crippen MR) is 93.4 cm³/mol. The third kappa shape index (κ3) is 3.72. The van der Waals surface area contributed by atoms with E-state index in [1.54, 1.807) is 20.8 Å². The average Bonchev–Trinajstić information content (AvgIpc) is 3.04. The Morgan fingerprint density at radius 1 is 1.46 bits per heavy atom. The zero-order valence-electron chi connectivity index (χ0n) is 14.8. The van der Waals surface area contributed by atoms with Gasteiger partial charge in [0.1, 0.15) is 28.3 Å². The fourth-order valence-corrected chi connectivity index (χ4v) is 2.48. The Hall–Kier alpha value is -2.42. The smallest absolute Gasteiger partial charge is 0.415 e. The largest absolute Gasteiger partial charge is 0.443 e. The highest BCUT2D eigenvalue weighted by Gasteiger charge is 2.39. The number of hydrogen-bond acceptors (Lipinski definition) is 5. The monoisotopic (exact) mass is 383 g/mol. The number of ether oxygens (including phenoxy) is 1. The Balaban J connectivity index is 1.94. The summed E-state index contributed by atoms with van der Waals surface area (Å²) in [5, 5.41) is 6.76. The van der Waals surface area contributed by atoms with E-state index in [2.05, 4.69) is 15.4 Å². The number of alkyl halides is 1. The number of hydrogen-bond donors (Lipinski definition) is 1. The summed E-state index contributed by atoms with van der Waals surface area (Å²) in [6.45, 7) is 5.25. The minimum atomic E-state index is -1.02. The fourth-order valence-electron chi connectivity index (χ4n) is 2.30. The van der Waals surface area contributed by atoms with Crippen LogP contribution in [0.25, 0.3) is 5.65 Å². The molecule has 0 aliphatic heterocycles. The van der Waals surface area contributed by atoms with Crippen molar-refractivity contribution < 1.29 is 18.7 Å². The van der Waals surface area contributed by atoms with Crippen LogP contribution in [0.2, 0.25) is 5.15 Å². The number of rotatable bonds is 3. The van der Waals surface area contributed by atoms with E-state index in [9.17, 15) is 14.0 Å². The van der Waals surface area contributed by atoms with Crippen molar-refractivity contribution in [2.45, 2.75) is 45.0 Å². The summed E-state index contributed by atoms with van der Waals surface area (Å²) in [5.74, 6) is -0.214. The first kappa shape index (κ1) is 18.4. The maximum absolute atomic E-state index is 13.0. The van der Waals surface area contributed by atoms with E-state index in [0.29, 0.717) is 6.42 Å². The van der Waals surface area contributed by atoms with Crippen molar-refractivity contribution in [3.05, 3.63) is 23.0 Å². The number of anilines is 1. The van der Waals surface area contributed by atoms with Crippen LogP contribution in [0.3, 0.4) is 0 Å². The van der Waals surface area contributed by atoms with Gasteiger partial charge in [0.05, 0.1) is 12.2 Å². The zero-order chi connectivity index (χ0) is 19.2. The highest BCUT2D eigenvalue weighted by molar-refractivity contribution is 6.30. The molecule has 0 aromatic carbocycles. The second-order valence-corrected chi connectivity index (χ2v) is 7.49. The van der Waals surface area contributed by atoms with Crippen molar-refractivity contribution in [3.8, 4) is 0 Å². The van der Waals surface area contributed by atoms with E-state index >= 15 is 0 Å². The molecule has 1 aliphatic rings. The normalized spacial score (nSPS) is 19.3. The van der Waals surface area contributed by atoms with Gasteiger partial charge in [-0.1, -0.05) is 11.6 Å². The molecule has 1 saturated carbocycles. The lowest BCUT2D eigenvalue weighted by molar-refractivity contribution is 0.0587. The lowest BCUT2D eigenvalue weighted by Gasteiger charge is -2.24.